The fourth-order valence-electron chi connectivity index (χ4n) is 2.30. The Kier molecular flexibility index (Phi) is 3.84. The summed E-state index contributed by atoms with van der Waals surface area (Å²) in [6.45, 7) is 1.67. The largest absolute Gasteiger partial charge is 0.370 e. The summed E-state index contributed by atoms with van der Waals surface area (Å²) < 4.78 is 6.79. The minimum atomic E-state index is -0.105. The highest BCUT2D eigenvalue weighted by atomic mass is 79.9. The number of aromatic nitrogens is 2. The van der Waals surface area contributed by atoms with Crippen molar-refractivity contribution in [1.29, 1.82) is 0 Å². The summed E-state index contributed by atoms with van der Waals surface area (Å²) in [5.74, 6) is -0.0390. The van der Waals surface area contributed by atoms with Crippen LogP contribution in [0.25, 0.3) is 0 Å². The van der Waals surface area contributed by atoms with Crippen molar-refractivity contribution in [3.63, 3.8) is 0 Å². The molecule has 1 atom stereocenters. The fraction of sp³-hybridized carbons (Fsp3) is 0.286. The van der Waals surface area contributed by atoms with Crippen molar-refractivity contribution in [2.45, 2.75) is 6.10 Å². The first kappa shape index (κ1) is 13.3. The van der Waals surface area contributed by atoms with Crippen molar-refractivity contribution in [2.24, 2.45) is 0 Å². The molecule has 0 spiro atoms. The first-order chi connectivity index (χ1) is 9.75. The summed E-state index contributed by atoms with van der Waals surface area (Å²) in [5, 5.41) is 6.53. The SMILES string of the molecule is O=C(c1ccn[nH]1)N1CCO[C@H](c2ccccc2Br)C1. The minimum absolute atomic E-state index is 0.0390. The number of ether oxygens (including phenoxy) is 1. The van der Waals surface area contributed by atoms with E-state index in [9.17, 15) is 4.79 Å². The van der Waals surface area contributed by atoms with Crippen molar-refractivity contribution in [2.75, 3.05) is 19.7 Å². The average molecular weight is 336 g/mol. The predicted molar refractivity (Wildman–Crippen MR) is 77.3 cm³/mol. The van der Waals surface area contributed by atoms with Gasteiger partial charge < -0.3 is 9.64 Å². The molecule has 6 heteroatoms. The zero-order valence-electron chi connectivity index (χ0n) is 10.8. The highest BCUT2D eigenvalue weighted by molar-refractivity contribution is 9.10. The Morgan fingerprint density at radius 1 is 1.40 bits per heavy atom. The van der Waals surface area contributed by atoms with Crippen LogP contribution in [-0.2, 0) is 4.74 Å². The monoisotopic (exact) mass is 335 g/mol. The smallest absolute Gasteiger partial charge is 0.272 e. The second-order valence-electron chi connectivity index (χ2n) is 4.60. The van der Waals surface area contributed by atoms with Gasteiger partial charge in [0.05, 0.1) is 13.2 Å². The maximum absolute atomic E-state index is 12.3. The van der Waals surface area contributed by atoms with E-state index in [2.05, 4.69) is 26.1 Å². The number of carbonyl (C=O) groups excluding carboxylic acids is 1. The van der Waals surface area contributed by atoms with Crippen LogP contribution in [0.15, 0.2) is 41.0 Å². The lowest BCUT2D eigenvalue weighted by Crippen LogP contribution is -2.42. The number of halogens is 1. The second-order valence-corrected chi connectivity index (χ2v) is 5.46. The van der Waals surface area contributed by atoms with Crippen molar-refractivity contribution in [1.82, 2.24) is 15.1 Å². The number of morpholine rings is 1. The van der Waals surface area contributed by atoms with Gasteiger partial charge in [-0.25, -0.2) is 0 Å². The van der Waals surface area contributed by atoms with Gasteiger partial charge in [0.1, 0.15) is 11.8 Å². The Bertz CT molecular complexity index is 600. The lowest BCUT2D eigenvalue weighted by Gasteiger charge is -2.33. The number of benzene rings is 1. The molecule has 1 aromatic carbocycles. The van der Waals surface area contributed by atoms with Crippen LogP contribution in [-0.4, -0.2) is 40.7 Å². The lowest BCUT2D eigenvalue weighted by molar-refractivity contribution is -0.0233. The third-order valence-corrected chi connectivity index (χ3v) is 4.06. The van der Waals surface area contributed by atoms with Gasteiger partial charge in [-0.05, 0) is 17.7 Å². The molecule has 0 radical (unpaired) electrons. The van der Waals surface area contributed by atoms with Crippen LogP contribution in [0.2, 0.25) is 0 Å². The number of H-pyrrole nitrogens is 1. The quantitative estimate of drug-likeness (QED) is 0.916. The van der Waals surface area contributed by atoms with E-state index in [1.54, 1.807) is 17.2 Å². The van der Waals surface area contributed by atoms with Crippen molar-refractivity contribution < 1.29 is 9.53 Å². The maximum atomic E-state index is 12.3. The first-order valence-electron chi connectivity index (χ1n) is 6.40. The van der Waals surface area contributed by atoms with Gasteiger partial charge >= 0.3 is 0 Å². The number of hydrogen-bond donors (Lipinski definition) is 1. The molecule has 1 amide bonds. The molecule has 1 N–H and O–H groups in total. The van der Waals surface area contributed by atoms with E-state index in [1.165, 1.54) is 0 Å². The molecule has 0 unspecified atom stereocenters. The Morgan fingerprint density at radius 3 is 3.00 bits per heavy atom. The van der Waals surface area contributed by atoms with E-state index in [0.717, 1.165) is 10.0 Å². The van der Waals surface area contributed by atoms with Crippen LogP contribution in [0.5, 0.6) is 0 Å². The maximum Gasteiger partial charge on any atom is 0.272 e. The normalized spacial score (nSPS) is 19.1. The van der Waals surface area contributed by atoms with Crippen molar-refractivity contribution in [3.8, 4) is 0 Å². The third-order valence-electron chi connectivity index (χ3n) is 3.34. The summed E-state index contributed by atoms with van der Waals surface area (Å²) in [5.41, 5.74) is 1.58. The molecule has 0 saturated carbocycles. The Balaban J connectivity index is 1.77. The zero-order chi connectivity index (χ0) is 13.9. The summed E-state index contributed by atoms with van der Waals surface area (Å²) in [7, 11) is 0. The Labute approximate surface area is 125 Å². The van der Waals surface area contributed by atoms with Crippen LogP contribution >= 0.6 is 15.9 Å². The van der Waals surface area contributed by atoms with Crippen LogP contribution in [0.4, 0.5) is 0 Å². The molecule has 1 aromatic heterocycles. The molecular formula is C14H14BrN3O2. The average Bonchev–Trinajstić information content (AvgIpc) is 3.01. The molecule has 2 heterocycles. The van der Waals surface area contributed by atoms with E-state index in [0.29, 0.717) is 25.4 Å². The van der Waals surface area contributed by atoms with Gasteiger partial charge in [-0.1, -0.05) is 34.1 Å². The van der Waals surface area contributed by atoms with E-state index in [4.69, 9.17) is 4.74 Å². The lowest BCUT2D eigenvalue weighted by atomic mass is 10.1. The number of nitrogens with one attached hydrogen (secondary N) is 1. The van der Waals surface area contributed by atoms with E-state index in [-0.39, 0.29) is 12.0 Å². The van der Waals surface area contributed by atoms with Gasteiger partial charge in [-0.3, -0.25) is 9.89 Å². The number of carbonyl (C=O) groups is 1. The predicted octanol–water partition coefficient (Wildman–Crippen LogP) is 2.39. The summed E-state index contributed by atoms with van der Waals surface area (Å²) >= 11 is 3.53. The molecular weight excluding hydrogens is 322 g/mol. The van der Waals surface area contributed by atoms with Gasteiger partial charge in [0.15, 0.2) is 0 Å². The molecule has 5 nitrogen and oxygen atoms in total. The van der Waals surface area contributed by atoms with Crippen LogP contribution < -0.4 is 0 Å². The van der Waals surface area contributed by atoms with Gasteiger partial charge in [-0.15, -0.1) is 0 Å². The highest BCUT2D eigenvalue weighted by Gasteiger charge is 2.27. The molecule has 0 bridgehead atoms. The van der Waals surface area contributed by atoms with E-state index < -0.39 is 0 Å². The summed E-state index contributed by atoms with van der Waals surface area (Å²) in [4.78, 5) is 14.1. The molecule has 20 heavy (non-hydrogen) atoms. The molecule has 1 fully saturated rings. The van der Waals surface area contributed by atoms with Crippen LogP contribution in [0.1, 0.15) is 22.2 Å². The Morgan fingerprint density at radius 2 is 2.25 bits per heavy atom. The topological polar surface area (TPSA) is 58.2 Å². The first-order valence-corrected chi connectivity index (χ1v) is 7.19. The number of hydrogen-bond acceptors (Lipinski definition) is 3. The van der Waals surface area contributed by atoms with Crippen LogP contribution in [0.3, 0.4) is 0 Å². The van der Waals surface area contributed by atoms with Crippen LogP contribution in [0, 0.1) is 0 Å². The minimum Gasteiger partial charge on any atom is -0.370 e. The summed E-state index contributed by atoms with van der Waals surface area (Å²) in [6, 6.07) is 9.61. The van der Waals surface area contributed by atoms with Gasteiger partial charge in [0.2, 0.25) is 0 Å². The second kappa shape index (κ2) is 5.76. The van der Waals surface area contributed by atoms with Gasteiger partial charge in [0, 0.05) is 17.2 Å². The zero-order valence-corrected chi connectivity index (χ0v) is 12.3. The standard InChI is InChI=1S/C14H14BrN3O2/c15-11-4-2-1-3-10(11)13-9-18(7-8-20-13)14(19)12-5-6-16-17-12/h1-6,13H,7-9H2,(H,16,17)/t13-/m0/s1. The highest BCUT2D eigenvalue weighted by Crippen LogP contribution is 2.28. The molecule has 104 valence electrons. The number of aromatic amines is 1. The number of rotatable bonds is 2. The number of nitrogens with zero attached hydrogens (tertiary/aromatic N) is 2. The van der Waals surface area contributed by atoms with Gasteiger partial charge in [0.25, 0.3) is 5.91 Å². The molecule has 1 aliphatic rings. The fourth-order valence-corrected chi connectivity index (χ4v) is 2.84. The van der Waals surface area contributed by atoms with E-state index >= 15 is 0 Å². The molecule has 0 aliphatic carbocycles. The molecule has 1 saturated heterocycles. The molecule has 1 aliphatic heterocycles. The van der Waals surface area contributed by atoms with Gasteiger partial charge in [-0.2, -0.15) is 5.10 Å². The molecule has 2 aromatic rings. The number of amides is 1. The third kappa shape index (κ3) is 2.62. The Hall–Kier alpha value is -1.66. The van der Waals surface area contributed by atoms with Crippen molar-refractivity contribution >= 4 is 21.8 Å². The molecule has 3 rings (SSSR count). The summed E-state index contributed by atoms with van der Waals surface area (Å²) in [6.07, 6.45) is 1.48. The van der Waals surface area contributed by atoms with E-state index in [1.807, 2.05) is 24.3 Å². The van der Waals surface area contributed by atoms with Crippen molar-refractivity contribution in [3.05, 3.63) is 52.3 Å².